The van der Waals surface area contributed by atoms with Crippen LogP contribution in [0.2, 0.25) is 5.22 Å². The average molecular weight is 263 g/mol. The van der Waals surface area contributed by atoms with Crippen molar-refractivity contribution < 1.29 is 9.21 Å². The first-order valence-corrected chi connectivity index (χ1v) is 5.95. The van der Waals surface area contributed by atoms with E-state index in [9.17, 15) is 4.79 Å². The van der Waals surface area contributed by atoms with Gasteiger partial charge in [-0.2, -0.15) is 0 Å². The second-order valence-electron chi connectivity index (χ2n) is 4.19. The molecule has 1 atom stereocenters. The summed E-state index contributed by atoms with van der Waals surface area (Å²) in [6.07, 6.45) is -0.390. The van der Waals surface area contributed by atoms with Crippen LogP contribution in [0.5, 0.6) is 0 Å². The summed E-state index contributed by atoms with van der Waals surface area (Å²) >= 11 is 5.74. The number of rotatable bonds is 1. The molecule has 0 bridgehead atoms. The standard InChI is InChI=1S/C13H11ClN2O2/c1-7-3-2-4-8-11(7)15-12(16-13(8)17)9-5-6-10(14)18-9/h2-6,12,15H,1H3,(H,16,17). The molecule has 0 aliphatic carbocycles. The van der Waals surface area contributed by atoms with Crippen LogP contribution in [0, 0.1) is 6.92 Å². The number of halogens is 1. The van der Waals surface area contributed by atoms with Crippen molar-refractivity contribution in [1.82, 2.24) is 5.32 Å². The van der Waals surface area contributed by atoms with Crippen molar-refractivity contribution in [3.8, 4) is 0 Å². The van der Waals surface area contributed by atoms with Gasteiger partial charge in [0, 0.05) is 0 Å². The number of nitrogens with one attached hydrogen (secondary N) is 2. The maximum Gasteiger partial charge on any atom is 0.255 e. The quantitative estimate of drug-likeness (QED) is 0.830. The maximum absolute atomic E-state index is 12.0. The lowest BCUT2D eigenvalue weighted by Crippen LogP contribution is -2.38. The third kappa shape index (κ3) is 1.75. The smallest absolute Gasteiger partial charge is 0.255 e. The fourth-order valence-electron chi connectivity index (χ4n) is 2.06. The summed E-state index contributed by atoms with van der Waals surface area (Å²) in [5, 5.41) is 6.37. The molecule has 1 aromatic carbocycles. The van der Waals surface area contributed by atoms with Crippen LogP contribution in [-0.2, 0) is 0 Å². The van der Waals surface area contributed by atoms with Crippen LogP contribution >= 0.6 is 11.6 Å². The number of hydrogen-bond donors (Lipinski definition) is 2. The second kappa shape index (κ2) is 4.07. The van der Waals surface area contributed by atoms with Crippen LogP contribution < -0.4 is 10.6 Å². The zero-order chi connectivity index (χ0) is 12.7. The largest absolute Gasteiger partial charge is 0.445 e. The Balaban J connectivity index is 2.01. The number of hydrogen-bond acceptors (Lipinski definition) is 3. The molecule has 5 heteroatoms. The molecule has 1 aliphatic heterocycles. The van der Waals surface area contributed by atoms with Crippen molar-refractivity contribution >= 4 is 23.2 Å². The highest BCUT2D eigenvalue weighted by atomic mass is 35.5. The number of carbonyl (C=O) groups is 1. The normalized spacial score (nSPS) is 17.9. The van der Waals surface area contributed by atoms with Gasteiger partial charge in [-0.25, -0.2) is 0 Å². The van der Waals surface area contributed by atoms with E-state index in [1.165, 1.54) is 0 Å². The molecule has 3 rings (SSSR count). The minimum atomic E-state index is -0.390. The van der Waals surface area contributed by atoms with Crippen LogP contribution in [-0.4, -0.2) is 5.91 Å². The SMILES string of the molecule is Cc1cccc2c1NC(c1ccc(Cl)o1)NC2=O. The average Bonchev–Trinajstić information content (AvgIpc) is 2.77. The molecule has 0 radical (unpaired) electrons. The van der Waals surface area contributed by atoms with Crippen LogP contribution in [0.25, 0.3) is 0 Å². The summed E-state index contributed by atoms with van der Waals surface area (Å²) in [5.74, 6) is 0.465. The molecule has 0 saturated carbocycles. The van der Waals surface area contributed by atoms with E-state index < -0.39 is 6.17 Å². The molecule has 4 nitrogen and oxygen atoms in total. The molecule has 0 spiro atoms. The Bertz CT molecular complexity index is 621. The molecule has 2 heterocycles. The van der Waals surface area contributed by atoms with E-state index in [4.69, 9.17) is 16.0 Å². The zero-order valence-corrected chi connectivity index (χ0v) is 10.4. The number of carbonyl (C=O) groups excluding carboxylic acids is 1. The van der Waals surface area contributed by atoms with Crippen molar-refractivity contribution in [3.05, 3.63) is 52.4 Å². The van der Waals surface area contributed by atoms with Gasteiger partial charge in [0.15, 0.2) is 11.4 Å². The van der Waals surface area contributed by atoms with Crippen LogP contribution in [0.15, 0.2) is 34.7 Å². The van der Waals surface area contributed by atoms with E-state index in [2.05, 4.69) is 10.6 Å². The molecular formula is C13H11ClN2O2. The maximum atomic E-state index is 12.0. The van der Waals surface area contributed by atoms with Crippen molar-refractivity contribution in [2.45, 2.75) is 13.1 Å². The summed E-state index contributed by atoms with van der Waals surface area (Å²) in [5.41, 5.74) is 2.49. The Kier molecular flexibility index (Phi) is 2.52. The number of amides is 1. The third-order valence-electron chi connectivity index (χ3n) is 2.96. The molecule has 1 amide bonds. The van der Waals surface area contributed by atoms with Gasteiger partial charge in [0.25, 0.3) is 5.91 Å². The van der Waals surface area contributed by atoms with E-state index in [1.807, 2.05) is 19.1 Å². The van der Waals surface area contributed by atoms with E-state index >= 15 is 0 Å². The Morgan fingerprint density at radius 2 is 2.06 bits per heavy atom. The van der Waals surface area contributed by atoms with Crippen LogP contribution in [0.3, 0.4) is 0 Å². The first-order chi connectivity index (χ1) is 8.65. The predicted molar refractivity (Wildman–Crippen MR) is 68.7 cm³/mol. The van der Waals surface area contributed by atoms with Crippen molar-refractivity contribution in [3.63, 3.8) is 0 Å². The monoisotopic (exact) mass is 262 g/mol. The van der Waals surface area contributed by atoms with E-state index in [0.29, 0.717) is 16.5 Å². The number of anilines is 1. The fourth-order valence-corrected chi connectivity index (χ4v) is 2.22. The van der Waals surface area contributed by atoms with Crippen molar-refractivity contribution in [1.29, 1.82) is 0 Å². The molecule has 1 unspecified atom stereocenters. The molecule has 0 fully saturated rings. The summed E-state index contributed by atoms with van der Waals surface area (Å²) in [4.78, 5) is 12.0. The lowest BCUT2D eigenvalue weighted by Gasteiger charge is -2.27. The number of furan rings is 1. The zero-order valence-electron chi connectivity index (χ0n) is 9.66. The highest BCUT2D eigenvalue weighted by Crippen LogP contribution is 2.30. The number of benzene rings is 1. The first kappa shape index (κ1) is 11.2. The summed E-state index contributed by atoms with van der Waals surface area (Å²) < 4.78 is 5.31. The molecule has 1 aliphatic rings. The fraction of sp³-hybridized carbons (Fsp3) is 0.154. The molecule has 2 N–H and O–H groups in total. The van der Waals surface area contributed by atoms with Gasteiger partial charge in [-0.05, 0) is 42.3 Å². The molecule has 92 valence electrons. The van der Waals surface area contributed by atoms with Crippen molar-refractivity contribution in [2.24, 2.45) is 0 Å². The van der Waals surface area contributed by atoms with Gasteiger partial charge < -0.3 is 15.1 Å². The third-order valence-corrected chi connectivity index (χ3v) is 3.16. The lowest BCUT2D eigenvalue weighted by atomic mass is 10.0. The van der Waals surface area contributed by atoms with Gasteiger partial charge in [-0.15, -0.1) is 0 Å². The Labute approximate surface area is 109 Å². The van der Waals surface area contributed by atoms with E-state index in [0.717, 1.165) is 11.3 Å². The molecule has 18 heavy (non-hydrogen) atoms. The minimum absolute atomic E-state index is 0.120. The van der Waals surface area contributed by atoms with E-state index in [-0.39, 0.29) is 5.91 Å². The van der Waals surface area contributed by atoms with Gasteiger partial charge in [-0.3, -0.25) is 4.79 Å². The lowest BCUT2D eigenvalue weighted by molar-refractivity contribution is 0.0931. The summed E-state index contributed by atoms with van der Waals surface area (Å²) in [6.45, 7) is 1.95. The van der Waals surface area contributed by atoms with Gasteiger partial charge in [0.1, 0.15) is 5.76 Å². The second-order valence-corrected chi connectivity index (χ2v) is 4.56. The number of para-hydroxylation sites is 1. The highest BCUT2D eigenvalue weighted by Gasteiger charge is 2.27. The summed E-state index contributed by atoms with van der Waals surface area (Å²) in [7, 11) is 0. The Morgan fingerprint density at radius 1 is 1.22 bits per heavy atom. The first-order valence-electron chi connectivity index (χ1n) is 5.57. The Hall–Kier alpha value is -1.94. The highest BCUT2D eigenvalue weighted by molar-refractivity contribution is 6.28. The van der Waals surface area contributed by atoms with Gasteiger partial charge >= 0.3 is 0 Å². The van der Waals surface area contributed by atoms with E-state index in [1.54, 1.807) is 18.2 Å². The van der Waals surface area contributed by atoms with Crippen molar-refractivity contribution in [2.75, 3.05) is 5.32 Å². The Morgan fingerprint density at radius 3 is 2.78 bits per heavy atom. The molecule has 1 aromatic heterocycles. The van der Waals surface area contributed by atoms with Crippen LogP contribution in [0.1, 0.15) is 27.8 Å². The van der Waals surface area contributed by atoms with Crippen LogP contribution in [0.4, 0.5) is 5.69 Å². The van der Waals surface area contributed by atoms with Gasteiger partial charge in [-0.1, -0.05) is 12.1 Å². The molecular weight excluding hydrogens is 252 g/mol. The number of fused-ring (bicyclic) bond motifs is 1. The molecule has 0 saturated heterocycles. The molecule has 2 aromatic rings. The van der Waals surface area contributed by atoms with Gasteiger partial charge in [0.2, 0.25) is 0 Å². The number of aryl methyl sites for hydroxylation is 1. The van der Waals surface area contributed by atoms with Gasteiger partial charge in [0.05, 0.1) is 11.3 Å². The topological polar surface area (TPSA) is 54.3 Å². The minimum Gasteiger partial charge on any atom is -0.445 e. The predicted octanol–water partition coefficient (Wildman–Crippen LogP) is 3.10. The summed E-state index contributed by atoms with van der Waals surface area (Å²) in [6, 6.07) is 8.99.